The molecule has 0 spiro atoms. The highest BCUT2D eigenvalue weighted by Crippen LogP contribution is 2.24. The first-order valence-electron chi connectivity index (χ1n) is 7.28. The SMILES string of the molecule is C=CC[C@@H](O[C@H](CCCCC)[Si](C)(C)F)C(C)C. The Bertz CT molecular complexity index is 223. The van der Waals surface area contributed by atoms with E-state index < -0.39 is 8.41 Å². The van der Waals surface area contributed by atoms with Gasteiger partial charge in [-0.15, -0.1) is 6.58 Å². The normalized spacial score (nSPS) is 15.7. The third-order valence-corrected chi connectivity index (χ3v) is 5.27. The van der Waals surface area contributed by atoms with Gasteiger partial charge in [0.15, 0.2) is 0 Å². The van der Waals surface area contributed by atoms with Crippen molar-refractivity contribution < 1.29 is 8.84 Å². The van der Waals surface area contributed by atoms with E-state index in [9.17, 15) is 4.11 Å². The highest BCUT2D eigenvalue weighted by Gasteiger charge is 2.35. The van der Waals surface area contributed by atoms with Crippen LogP contribution in [-0.2, 0) is 4.74 Å². The molecule has 0 aliphatic heterocycles. The Hall–Kier alpha value is -0.153. The zero-order valence-electron chi connectivity index (χ0n) is 12.8. The fourth-order valence-corrected chi connectivity index (χ4v) is 3.40. The summed E-state index contributed by atoms with van der Waals surface area (Å²) in [5.41, 5.74) is -0.170. The van der Waals surface area contributed by atoms with Crippen molar-refractivity contribution in [1.29, 1.82) is 0 Å². The maximum Gasteiger partial charge on any atom is 0.269 e. The van der Waals surface area contributed by atoms with Crippen LogP contribution >= 0.6 is 0 Å². The standard InChI is InChI=1S/C15H31FOSi/c1-7-9-10-12-15(18(5,6)16)17-14(11-8-2)13(3)4/h8,13-15H,2,7,9-12H2,1,3-6H3/t14-,15+/m1/s1. The zero-order valence-corrected chi connectivity index (χ0v) is 13.8. The van der Waals surface area contributed by atoms with E-state index in [0.29, 0.717) is 5.92 Å². The first kappa shape index (κ1) is 17.8. The van der Waals surface area contributed by atoms with Crippen molar-refractivity contribution in [3.63, 3.8) is 0 Å². The molecular formula is C15H31FOSi. The first-order chi connectivity index (χ1) is 8.32. The maximum atomic E-state index is 14.3. The summed E-state index contributed by atoms with van der Waals surface area (Å²) in [6.07, 6.45) is 7.06. The average molecular weight is 274 g/mol. The molecule has 0 aliphatic carbocycles. The van der Waals surface area contributed by atoms with E-state index in [1.165, 1.54) is 6.42 Å². The highest BCUT2D eigenvalue weighted by molar-refractivity contribution is 6.71. The van der Waals surface area contributed by atoms with Gasteiger partial charge in [-0.1, -0.05) is 46.1 Å². The molecular weight excluding hydrogens is 243 g/mol. The van der Waals surface area contributed by atoms with Crippen molar-refractivity contribution in [3.8, 4) is 0 Å². The molecule has 0 unspecified atom stereocenters. The lowest BCUT2D eigenvalue weighted by atomic mass is 10.0. The highest BCUT2D eigenvalue weighted by atomic mass is 28.4. The van der Waals surface area contributed by atoms with Gasteiger partial charge < -0.3 is 8.84 Å². The van der Waals surface area contributed by atoms with Crippen LogP contribution < -0.4 is 0 Å². The van der Waals surface area contributed by atoms with E-state index in [1.54, 1.807) is 13.1 Å². The van der Waals surface area contributed by atoms with Crippen molar-refractivity contribution in [3.05, 3.63) is 12.7 Å². The second-order valence-electron chi connectivity index (χ2n) is 5.99. The molecule has 108 valence electrons. The predicted molar refractivity (Wildman–Crippen MR) is 81.0 cm³/mol. The Morgan fingerprint density at radius 1 is 1.28 bits per heavy atom. The zero-order chi connectivity index (χ0) is 14.2. The van der Waals surface area contributed by atoms with Crippen molar-refractivity contribution in [2.75, 3.05) is 0 Å². The number of ether oxygens (including phenoxy) is 1. The van der Waals surface area contributed by atoms with E-state index >= 15 is 0 Å². The number of hydrogen-bond acceptors (Lipinski definition) is 1. The fraction of sp³-hybridized carbons (Fsp3) is 0.867. The van der Waals surface area contributed by atoms with Crippen LogP contribution in [0, 0.1) is 5.92 Å². The molecule has 18 heavy (non-hydrogen) atoms. The molecule has 0 saturated heterocycles. The van der Waals surface area contributed by atoms with Crippen LogP contribution in [0.25, 0.3) is 0 Å². The van der Waals surface area contributed by atoms with Crippen molar-refractivity contribution in [2.24, 2.45) is 5.92 Å². The van der Waals surface area contributed by atoms with Crippen molar-refractivity contribution in [1.82, 2.24) is 0 Å². The minimum atomic E-state index is -2.73. The van der Waals surface area contributed by atoms with E-state index in [2.05, 4.69) is 27.4 Å². The lowest BCUT2D eigenvalue weighted by Crippen LogP contribution is -2.42. The molecule has 0 aliphatic rings. The molecule has 0 aromatic carbocycles. The van der Waals surface area contributed by atoms with Crippen molar-refractivity contribution in [2.45, 2.75) is 77.8 Å². The summed E-state index contributed by atoms with van der Waals surface area (Å²) in [6, 6.07) is 0. The van der Waals surface area contributed by atoms with E-state index in [0.717, 1.165) is 25.7 Å². The lowest BCUT2D eigenvalue weighted by molar-refractivity contribution is -0.00825. The van der Waals surface area contributed by atoms with Crippen LogP contribution in [-0.4, -0.2) is 20.2 Å². The van der Waals surface area contributed by atoms with Gasteiger partial charge in [-0.25, -0.2) is 0 Å². The molecule has 0 amide bonds. The van der Waals surface area contributed by atoms with Gasteiger partial charge in [0.1, 0.15) is 0 Å². The van der Waals surface area contributed by atoms with Crippen molar-refractivity contribution >= 4 is 8.41 Å². The molecule has 0 radical (unpaired) electrons. The Balaban J connectivity index is 4.49. The molecule has 0 saturated carbocycles. The van der Waals surface area contributed by atoms with E-state index in [1.807, 2.05) is 6.08 Å². The Labute approximate surface area is 114 Å². The van der Waals surface area contributed by atoms with Gasteiger partial charge in [-0.3, -0.25) is 0 Å². The van der Waals surface area contributed by atoms with Gasteiger partial charge in [0.05, 0.1) is 11.8 Å². The predicted octanol–water partition coefficient (Wildman–Crippen LogP) is 5.27. The number of rotatable bonds is 10. The minimum absolute atomic E-state index is 0.108. The number of halogens is 1. The van der Waals surface area contributed by atoms with Crippen LogP contribution in [0.5, 0.6) is 0 Å². The Morgan fingerprint density at radius 2 is 1.89 bits per heavy atom. The van der Waals surface area contributed by atoms with E-state index in [-0.39, 0.29) is 11.8 Å². The summed E-state index contributed by atoms with van der Waals surface area (Å²) in [4.78, 5) is 0. The number of unbranched alkanes of at least 4 members (excludes halogenated alkanes) is 2. The average Bonchev–Trinajstić information content (AvgIpc) is 2.25. The van der Waals surface area contributed by atoms with Crippen LogP contribution in [0.2, 0.25) is 13.1 Å². The Kier molecular flexibility index (Phi) is 8.79. The second kappa shape index (κ2) is 8.86. The van der Waals surface area contributed by atoms with Gasteiger partial charge in [0, 0.05) is 0 Å². The van der Waals surface area contributed by atoms with Crippen LogP contribution in [0.4, 0.5) is 4.11 Å². The summed E-state index contributed by atoms with van der Waals surface area (Å²) >= 11 is 0. The van der Waals surface area contributed by atoms with Crippen LogP contribution in [0.1, 0.15) is 52.9 Å². The molecule has 0 fully saturated rings. The molecule has 0 heterocycles. The fourth-order valence-electron chi connectivity index (χ4n) is 2.01. The van der Waals surface area contributed by atoms with Gasteiger partial charge in [0.25, 0.3) is 8.41 Å². The second-order valence-corrected chi connectivity index (χ2v) is 9.76. The topological polar surface area (TPSA) is 9.23 Å². The summed E-state index contributed by atoms with van der Waals surface area (Å²) in [6.45, 7) is 13.7. The third-order valence-electron chi connectivity index (χ3n) is 3.32. The van der Waals surface area contributed by atoms with Gasteiger partial charge in [0.2, 0.25) is 0 Å². The quantitative estimate of drug-likeness (QED) is 0.228. The largest absolute Gasteiger partial charge is 0.375 e. The first-order valence-corrected chi connectivity index (χ1v) is 10.2. The summed E-state index contributed by atoms with van der Waals surface area (Å²) in [5, 5.41) is 0. The van der Waals surface area contributed by atoms with Gasteiger partial charge in [-0.2, -0.15) is 0 Å². The third kappa shape index (κ3) is 7.32. The molecule has 0 rings (SSSR count). The van der Waals surface area contributed by atoms with Gasteiger partial charge >= 0.3 is 0 Å². The monoisotopic (exact) mass is 274 g/mol. The van der Waals surface area contributed by atoms with Gasteiger partial charge in [-0.05, 0) is 31.9 Å². The molecule has 0 bridgehead atoms. The minimum Gasteiger partial charge on any atom is -0.375 e. The molecule has 2 atom stereocenters. The maximum absolute atomic E-state index is 14.3. The van der Waals surface area contributed by atoms with E-state index in [4.69, 9.17) is 4.74 Å². The molecule has 0 aromatic rings. The van der Waals surface area contributed by atoms with Crippen LogP contribution in [0.3, 0.4) is 0 Å². The van der Waals surface area contributed by atoms with Crippen LogP contribution in [0.15, 0.2) is 12.7 Å². The number of hydrogen-bond donors (Lipinski definition) is 0. The summed E-state index contributed by atoms with van der Waals surface area (Å²) in [5.74, 6) is 0.410. The smallest absolute Gasteiger partial charge is 0.269 e. The molecule has 0 aromatic heterocycles. The Morgan fingerprint density at radius 3 is 2.28 bits per heavy atom. The lowest BCUT2D eigenvalue weighted by Gasteiger charge is -2.31. The molecule has 3 heteroatoms. The molecule has 1 nitrogen and oxygen atoms in total. The summed E-state index contributed by atoms with van der Waals surface area (Å²) < 4.78 is 20.4. The molecule has 0 N–H and O–H groups in total. The summed E-state index contributed by atoms with van der Waals surface area (Å²) in [7, 11) is -2.73.